The van der Waals surface area contributed by atoms with Gasteiger partial charge in [-0.1, -0.05) is 6.58 Å². The molecule has 0 aromatic rings. The Bertz CT molecular complexity index is 260. The summed E-state index contributed by atoms with van der Waals surface area (Å²) < 4.78 is 0. The third kappa shape index (κ3) is 1.30. The second kappa shape index (κ2) is 2.93. The molecule has 0 radical (unpaired) electrons. The zero-order valence-electron chi connectivity index (χ0n) is 7.20. The van der Waals surface area contributed by atoms with Gasteiger partial charge in [0.05, 0.1) is 6.04 Å². The van der Waals surface area contributed by atoms with Crippen LogP contribution in [0, 0.1) is 0 Å². The van der Waals surface area contributed by atoms with E-state index in [-0.39, 0.29) is 11.7 Å². The van der Waals surface area contributed by atoms with Crippen molar-refractivity contribution in [2.45, 2.75) is 19.9 Å². The van der Waals surface area contributed by atoms with Gasteiger partial charge in [0.15, 0.2) is 5.78 Å². The predicted molar refractivity (Wildman–Crippen MR) is 45.3 cm³/mol. The van der Waals surface area contributed by atoms with Gasteiger partial charge in [-0.05, 0) is 19.9 Å². The van der Waals surface area contributed by atoms with Crippen molar-refractivity contribution in [3.05, 3.63) is 24.4 Å². The topological polar surface area (TPSA) is 37.4 Å². The van der Waals surface area contributed by atoms with Gasteiger partial charge in [-0.2, -0.15) is 0 Å². The zero-order valence-corrected chi connectivity index (χ0v) is 7.20. The van der Waals surface area contributed by atoms with E-state index in [0.717, 1.165) is 0 Å². The fourth-order valence-corrected chi connectivity index (χ4v) is 1.09. The largest absolute Gasteiger partial charge is 0.299 e. The number of hydrogen-bond donors (Lipinski definition) is 0. The molecule has 1 rings (SSSR count). The molecule has 0 aromatic carbocycles. The predicted octanol–water partition coefficient (Wildman–Crippen LogP) is 0.876. The van der Waals surface area contributed by atoms with E-state index in [1.807, 2.05) is 0 Å². The smallest absolute Gasteiger partial charge is 0.251 e. The van der Waals surface area contributed by atoms with Crippen LogP contribution in [0.15, 0.2) is 24.4 Å². The minimum absolute atomic E-state index is 0.0341. The molecule has 1 unspecified atom stereocenters. The molecule has 1 heterocycles. The number of carbonyl (C=O) groups excluding carboxylic acids is 2. The summed E-state index contributed by atoms with van der Waals surface area (Å²) in [6.07, 6.45) is 3.03. The average molecular weight is 165 g/mol. The number of Topliss-reactive ketones (excluding diaryl/α,β-unsaturated/α-hetero) is 1. The normalized spacial score (nSPS) is 18.7. The molecule has 3 nitrogen and oxygen atoms in total. The summed E-state index contributed by atoms with van der Waals surface area (Å²) in [6.45, 7) is 6.81. The quantitative estimate of drug-likeness (QED) is 0.609. The molecule has 0 saturated carbocycles. The van der Waals surface area contributed by atoms with E-state index in [9.17, 15) is 9.59 Å². The molecule has 64 valence electrons. The van der Waals surface area contributed by atoms with E-state index in [1.165, 1.54) is 17.9 Å². The molecule has 0 N–H and O–H groups in total. The van der Waals surface area contributed by atoms with Crippen molar-refractivity contribution in [1.29, 1.82) is 0 Å². The van der Waals surface area contributed by atoms with E-state index >= 15 is 0 Å². The number of nitrogens with zero attached hydrogens (tertiary/aromatic N) is 1. The molecule has 1 aliphatic heterocycles. The molecular weight excluding hydrogens is 154 g/mol. The lowest BCUT2D eigenvalue weighted by molar-refractivity contribution is -0.131. The highest BCUT2D eigenvalue weighted by atomic mass is 16.2. The molecule has 1 amide bonds. The minimum atomic E-state index is -0.403. The van der Waals surface area contributed by atoms with Crippen LogP contribution in [0.25, 0.3) is 0 Å². The Morgan fingerprint density at radius 1 is 1.58 bits per heavy atom. The zero-order chi connectivity index (χ0) is 9.30. The van der Waals surface area contributed by atoms with E-state index < -0.39 is 6.04 Å². The molecule has 0 aliphatic carbocycles. The maximum absolute atomic E-state index is 11.2. The van der Waals surface area contributed by atoms with E-state index in [4.69, 9.17) is 0 Å². The van der Waals surface area contributed by atoms with Gasteiger partial charge in [0, 0.05) is 11.8 Å². The molecule has 1 atom stereocenters. The Hall–Kier alpha value is -1.38. The van der Waals surface area contributed by atoms with Gasteiger partial charge in [0.1, 0.15) is 0 Å². The van der Waals surface area contributed by atoms with Crippen LogP contribution >= 0.6 is 0 Å². The first-order valence-electron chi connectivity index (χ1n) is 3.74. The van der Waals surface area contributed by atoms with Gasteiger partial charge in [-0.25, -0.2) is 0 Å². The highest BCUT2D eigenvalue weighted by molar-refractivity contribution is 5.97. The van der Waals surface area contributed by atoms with Crippen LogP contribution < -0.4 is 0 Å². The monoisotopic (exact) mass is 165 g/mol. The number of allylic oxidation sites excluding steroid dienone is 1. The lowest BCUT2D eigenvalue weighted by atomic mass is 10.2. The minimum Gasteiger partial charge on any atom is -0.299 e. The summed E-state index contributed by atoms with van der Waals surface area (Å²) in [7, 11) is 0. The number of rotatable bonds is 2. The van der Waals surface area contributed by atoms with Crippen LogP contribution in [0.2, 0.25) is 0 Å². The molecule has 1 aliphatic rings. The first-order valence-corrected chi connectivity index (χ1v) is 3.74. The summed E-state index contributed by atoms with van der Waals surface area (Å²) in [5.74, 6) is -0.198. The summed E-state index contributed by atoms with van der Waals surface area (Å²) in [4.78, 5) is 23.5. The number of ketones is 1. The second-order valence-corrected chi connectivity index (χ2v) is 2.82. The molecule has 0 bridgehead atoms. The second-order valence-electron chi connectivity index (χ2n) is 2.82. The summed E-state index contributed by atoms with van der Waals surface area (Å²) in [5, 5.41) is 0. The van der Waals surface area contributed by atoms with Crippen molar-refractivity contribution in [3.8, 4) is 0 Å². The Morgan fingerprint density at radius 3 is 2.50 bits per heavy atom. The third-order valence-corrected chi connectivity index (χ3v) is 1.94. The molecule has 0 fully saturated rings. The van der Waals surface area contributed by atoms with Crippen molar-refractivity contribution in [2.24, 2.45) is 0 Å². The van der Waals surface area contributed by atoms with E-state index in [0.29, 0.717) is 5.70 Å². The van der Waals surface area contributed by atoms with Gasteiger partial charge < -0.3 is 0 Å². The Balaban J connectivity index is 2.83. The molecular formula is C9H11NO2. The highest BCUT2D eigenvalue weighted by Crippen LogP contribution is 2.16. The van der Waals surface area contributed by atoms with Crippen LogP contribution in [0.1, 0.15) is 13.8 Å². The lowest BCUT2D eigenvalue weighted by Crippen LogP contribution is -2.37. The van der Waals surface area contributed by atoms with Gasteiger partial charge in [0.25, 0.3) is 5.91 Å². The van der Waals surface area contributed by atoms with Gasteiger partial charge in [-0.3, -0.25) is 14.5 Å². The maximum atomic E-state index is 11.2. The highest BCUT2D eigenvalue weighted by Gasteiger charge is 2.26. The molecule has 12 heavy (non-hydrogen) atoms. The Kier molecular flexibility index (Phi) is 2.13. The fourth-order valence-electron chi connectivity index (χ4n) is 1.09. The van der Waals surface area contributed by atoms with E-state index in [1.54, 1.807) is 13.0 Å². The summed E-state index contributed by atoms with van der Waals surface area (Å²) in [5.41, 5.74) is 0.586. The van der Waals surface area contributed by atoms with Crippen molar-refractivity contribution in [2.75, 3.05) is 0 Å². The van der Waals surface area contributed by atoms with Gasteiger partial charge in [0.2, 0.25) is 0 Å². The van der Waals surface area contributed by atoms with Crippen LogP contribution in [0.5, 0.6) is 0 Å². The van der Waals surface area contributed by atoms with Crippen molar-refractivity contribution < 1.29 is 9.59 Å². The fraction of sp³-hybridized carbons (Fsp3) is 0.333. The molecule has 0 spiro atoms. The van der Waals surface area contributed by atoms with Gasteiger partial charge in [-0.15, -0.1) is 0 Å². The van der Waals surface area contributed by atoms with Crippen molar-refractivity contribution in [3.63, 3.8) is 0 Å². The summed E-state index contributed by atoms with van der Waals surface area (Å²) >= 11 is 0. The number of carbonyl (C=O) groups is 2. The van der Waals surface area contributed by atoms with Crippen LogP contribution in [0.4, 0.5) is 0 Å². The lowest BCUT2D eigenvalue weighted by Gasteiger charge is -2.22. The third-order valence-electron chi connectivity index (χ3n) is 1.94. The molecule has 0 aromatic heterocycles. The maximum Gasteiger partial charge on any atom is 0.251 e. The van der Waals surface area contributed by atoms with Crippen LogP contribution in [-0.2, 0) is 9.59 Å². The van der Waals surface area contributed by atoms with Crippen LogP contribution in [-0.4, -0.2) is 22.6 Å². The van der Waals surface area contributed by atoms with Gasteiger partial charge >= 0.3 is 0 Å². The Morgan fingerprint density at radius 2 is 2.17 bits per heavy atom. The standard InChI is InChI=1S/C9H11NO2/c1-6-4-5-9(12)10(6)7(2)8(3)11/h4-5,7H,1H2,2-3H3. The molecule has 3 heteroatoms. The van der Waals surface area contributed by atoms with Crippen LogP contribution in [0.3, 0.4) is 0 Å². The number of hydrogen-bond acceptors (Lipinski definition) is 2. The molecule has 0 saturated heterocycles. The average Bonchev–Trinajstić information content (AvgIpc) is 2.30. The first-order chi connectivity index (χ1) is 5.54. The van der Waals surface area contributed by atoms with E-state index in [2.05, 4.69) is 6.58 Å². The first kappa shape index (κ1) is 8.71. The number of amides is 1. The Labute approximate surface area is 71.4 Å². The SMILES string of the molecule is C=C1C=CC(=O)N1C(C)C(C)=O. The summed E-state index contributed by atoms with van der Waals surface area (Å²) in [6, 6.07) is -0.403. The van der Waals surface area contributed by atoms with Crippen molar-refractivity contribution in [1.82, 2.24) is 4.90 Å². The van der Waals surface area contributed by atoms with Crippen molar-refractivity contribution >= 4 is 11.7 Å².